The SMILES string of the molecule is CCOC(=O)c1ccsc1NC(=O)c1cc(Br)ccc1I. The minimum atomic E-state index is -0.432. The molecule has 0 saturated heterocycles. The first kappa shape index (κ1) is 16.4. The number of thiophene rings is 1. The molecular formula is C14H11BrINO3S. The lowest BCUT2D eigenvalue weighted by Crippen LogP contribution is -2.15. The first-order valence-electron chi connectivity index (χ1n) is 6.04. The van der Waals surface area contributed by atoms with Crippen LogP contribution >= 0.6 is 49.9 Å². The van der Waals surface area contributed by atoms with Gasteiger partial charge in [0, 0.05) is 8.04 Å². The second-order valence-electron chi connectivity index (χ2n) is 3.96. The normalized spacial score (nSPS) is 10.2. The summed E-state index contributed by atoms with van der Waals surface area (Å²) in [5, 5.41) is 5.01. The van der Waals surface area contributed by atoms with Crippen molar-refractivity contribution >= 4 is 66.7 Å². The Labute approximate surface area is 148 Å². The number of esters is 1. The number of rotatable bonds is 4. The van der Waals surface area contributed by atoms with Crippen LogP contribution in [0.1, 0.15) is 27.6 Å². The van der Waals surface area contributed by atoms with Gasteiger partial charge in [0.15, 0.2) is 0 Å². The molecule has 2 rings (SSSR count). The average Bonchev–Trinajstić information content (AvgIpc) is 2.90. The molecule has 0 aliphatic heterocycles. The molecule has 1 aromatic carbocycles. The van der Waals surface area contributed by atoms with Gasteiger partial charge in [-0.2, -0.15) is 0 Å². The lowest BCUT2D eigenvalue weighted by Gasteiger charge is -2.08. The van der Waals surface area contributed by atoms with Gasteiger partial charge in [-0.05, 0) is 59.2 Å². The Kier molecular flexibility index (Phi) is 5.77. The highest BCUT2D eigenvalue weighted by Crippen LogP contribution is 2.26. The third kappa shape index (κ3) is 4.04. The molecule has 0 aliphatic rings. The topological polar surface area (TPSA) is 55.4 Å². The van der Waals surface area contributed by atoms with E-state index >= 15 is 0 Å². The monoisotopic (exact) mass is 479 g/mol. The summed E-state index contributed by atoms with van der Waals surface area (Å²) in [7, 11) is 0. The van der Waals surface area contributed by atoms with Crippen LogP contribution in [0, 0.1) is 3.57 Å². The maximum absolute atomic E-state index is 12.3. The molecule has 0 spiro atoms. The molecule has 2 aromatic rings. The van der Waals surface area contributed by atoms with E-state index in [1.165, 1.54) is 11.3 Å². The zero-order valence-electron chi connectivity index (χ0n) is 11.0. The molecule has 0 aliphatic carbocycles. The van der Waals surface area contributed by atoms with Gasteiger partial charge < -0.3 is 10.1 Å². The molecule has 0 saturated carbocycles. The molecule has 1 aromatic heterocycles. The van der Waals surface area contributed by atoms with Crippen LogP contribution in [0.2, 0.25) is 0 Å². The number of carbonyl (C=O) groups is 2. The Morgan fingerprint density at radius 1 is 1.33 bits per heavy atom. The molecule has 110 valence electrons. The molecule has 21 heavy (non-hydrogen) atoms. The third-order valence-corrected chi connectivity index (χ3v) is 4.82. The summed E-state index contributed by atoms with van der Waals surface area (Å²) in [6.45, 7) is 2.04. The van der Waals surface area contributed by atoms with Gasteiger partial charge in [0.25, 0.3) is 5.91 Å². The molecule has 0 atom stereocenters. The van der Waals surface area contributed by atoms with Crippen molar-refractivity contribution in [2.75, 3.05) is 11.9 Å². The highest BCUT2D eigenvalue weighted by molar-refractivity contribution is 14.1. The fraction of sp³-hybridized carbons (Fsp3) is 0.143. The molecule has 0 bridgehead atoms. The van der Waals surface area contributed by atoms with Gasteiger partial charge in [-0.15, -0.1) is 11.3 Å². The second-order valence-corrected chi connectivity index (χ2v) is 6.96. The van der Waals surface area contributed by atoms with Gasteiger partial charge in [0.1, 0.15) is 5.00 Å². The van der Waals surface area contributed by atoms with E-state index < -0.39 is 5.97 Å². The third-order valence-electron chi connectivity index (χ3n) is 2.56. The quantitative estimate of drug-likeness (QED) is 0.517. The molecule has 1 amide bonds. The Morgan fingerprint density at radius 2 is 2.10 bits per heavy atom. The number of ether oxygens (including phenoxy) is 1. The van der Waals surface area contributed by atoms with Crippen LogP contribution < -0.4 is 5.32 Å². The van der Waals surface area contributed by atoms with Crippen molar-refractivity contribution in [3.05, 3.63) is 48.8 Å². The van der Waals surface area contributed by atoms with Crippen molar-refractivity contribution < 1.29 is 14.3 Å². The van der Waals surface area contributed by atoms with Gasteiger partial charge in [-0.25, -0.2) is 4.79 Å². The summed E-state index contributed by atoms with van der Waals surface area (Å²) < 4.78 is 6.62. The highest BCUT2D eigenvalue weighted by Gasteiger charge is 2.18. The summed E-state index contributed by atoms with van der Waals surface area (Å²) in [6.07, 6.45) is 0. The van der Waals surface area contributed by atoms with Crippen LogP contribution in [-0.4, -0.2) is 18.5 Å². The van der Waals surface area contributed by atoms with E-state index in [9.17, 15) is 9.59 Å². The van der Waals surface area contributed by atoms with Crippen molar-refractivity contribution in [1.82, 2.24) is 0 Å². The van der Waals surface area contributed by atoms with Gasteiger partial charge >= 0.3 is 5.97 Å². The van der Waals surface area contributed by atoms with Crippen molar-refractivity contribution in [1.29, 1.82) is 0 Å². The molecule has 0 radical (unpaired) electrons. The number of nitrogens with one attached hydrogen (secondary N) is 1. The molecule has 1 heterocycles. The van der Waals surface area contributed by atoms with Crippen molar-refractivity contribution in [2.24, 2.45) is 0 Å². The summed E-state index contributed by atoms with van der Waals surface area (Å²) in [6, 6.07) is 7.10. The van der Waals surface area contributed by atoms with E-state index in [1.807, 2.05) is 12.1 Å². The first-order chi connectivity index (χ1) is 10.0. The number of halogens is 2. The molecular weight excluding hydrogens is 469 g/mol. The number of hydrogen-bond donors (Lipinski definition) is 1. The van der Waals surface area contributed by atoms with E-state index in [-0.39, 0.29) is 5.91 Å². The van der Waals surface area contributed by atoms with Crippen molar-refractivity contribution in [3.63, 3.8) is 0 Å². The lowest BCUT2D eigenvalue weighted by molar-refractivity contribution is 0.0528. The van der Waals surface area contributed by atoms with Crippen LogP contribution in [-0.2, 0) is 4.74 Å². The largest absolute Gasteiger partial charge is 0.462 e. The standard InChI is InChI=1S/C14H11BrINO3S/c1-2-20-14(19)9-5-6-21-13(9)17-12(18)10-7-8(15)3-4-11(10)16/h3-7H,2H2,1H3,(H,17,18). The van der Waals surface area contributed by atoms with Crippen LogP contribution in [0.5, 0.6) is 0 Å². The zero-order valence-corrected chi connectivity index (χ0v) is 15.5. The number of amides is 1. The maximum atomic E-state index is 12.3. The van der Waals surface area contributed by atoms with Crippen molar-refractivity contribution in [3.8, 4) is 0 Å². The Morgan fingerprint density at radius 3 is 2.81 bits per heavy atom. The first-order valence-corrected chi connectivity index (χ1v) is 8.79. The number of benzene rings is 1. The molecule has 4 nitrogen and oxygen atoms in total. The Bertz CT molecular complexity index is 687. The van der Waals surface area contributed by atoms with Crippen LogP contribution in [0.25, 0.3) is 0 Å². The van der Waals surface area contributed by atoms with Gasteiger partial charge in [0.05, 0.1) is 17.7 Å². The summed E-state index contributed by atoms with van der Waals surface area (Å²) in [4.78, 5) is 24.1. The minimum absolute atomic E-state index is 0.256. The van der Waals surface area contributed by atoms with E-state index in [0.29, 0.717) is 22.7 Å². The summed E-state index contributed by atoms with van der Waals surface area (Å²) in [5.74, 6) is -0.688. The Balaban J connectivity index is 2.22. The predicted octanol–water partition coefficient (Wildman–Crippen LogP) is 4.54. The molecule has 0 fully saturated rings. The zero-order chi connectivity index (χ0) is 15.4. The lowest BCUT2D eigenvalue weighted by atomic mass is 10.2. The highest BCUT2D eigenvalue weighted by atomic mass is 127. The fourth-order valence-electron chi connectivity index (χ4n) is 1.62. The van der Waals surface area contributed by atoms with E-state index in [0.717, 1.165) is 8.04 Å². The van der Waals surface area contributed by atoms with E-state index in [1.54, 1.807) is 24.4 Å². The van der Waals surface area contributed by atoms with Crippen LogP contribution in [0.15, 0.2) is 34.1 Å². The maximum Gasteiger partial charge on any atom is 0.341 e. The smallest absolute Gasteiger partial charge is 0.341 e. The molecule has 1 N–H and O–H groups in total. The number of anilines is 1. The van der Waals surface area contributed by atoms with Gasteiger partial charge in [0.2, 0.25) is 0 Å². The van der Waals surface area contributed by atoms with E-state index in [2.05, 4.69) is 43.8 Å². The summed E-state index contributed by atoms with van der Waals surface area (Å²) in [5.41, 5.74) is 0.924. The Hall–Kier alpha value is -0.930. The molecule has 7 heteroatoms. The van der Waals surface area contributed by atoms with Crippen LogP contribution in [0.3, 0.4) is 0 Å². The predicted molar refractivity (Wildman–Crippen MR) is 95.1 cm³/mol. The second kappa shape index (κ2) is 7.37. The number of hydrogen-bond acceptors (Lipinski definition) is 4. The molecule has 0 unspecified atom stereocenters. The van der Waals surface area contributed by atoms with Crippen molar-refractivity contribution in [2.45, 2.75) is 6.92 Å². The van der Waals surface area contributed by atoms with Gasteiger partial charge in [-0.3, -0.25) is 4.79 Å². The van der Waals surface area contributed by atoms with Gasteiger partial charge in [-0.1, -0.05) is 15.9 Å². The minimum Gasteiger partial charge on any atom is -0.462 e. The summed E-state index contributed by atoms with van der Waals surface area (Å²) >= 11 is 6.73. The fourth-order valence-corrected chi connectivity index (χ4v) is 3.33. The number of carbonyl (C=O) groups excluding carboxylic acids is 2. The van der Waals surface area contributed by atoms with E-state index in [4.69, 9.17) is 4.74 Å². The average molecular weight is 480 g/mol. The van der Waals surface area contributed by atoms with Crippen LogP contribution in [0.4, 0.5) is 5.00 Å².